The van der Waals surface area contributed by atoms with Gasteiger partial charge in [0.25, 0.3) is 0 Å². The Morgan fingerprint density at radius 3 is 2.63 bits per heavy atom. The molecule has 2 fully saturated rings. The van der Waals surface area contributed by atoms with Crippen LogP contribution in [0.2, 0.25) is 0 Å². The summed E-state index contributed by atoms with van der Waals surface area (Å²) in [5, 5.41) is 3.92. The first-order valence-electron chi connectivity index (χ1n) is 8.19. The van der Waals surface area contributed by atoms with E-state index in [1.807, 2.05) is 0 Å². The predicted octanol–water partition coefficient (Wildman–Crippen LogP) is 3.59. The van der Waals surface area contributed by atoms with Crippen molar-refractivity contribution in [3.63, 3.8) is 0 Å². The lowest BCUT2D eigenvalue weighted by molar-refractivity contribution is 0.0617. The molecule has 2 nitrogen and oxygen atoms in total. The normalized spacial score (nSPS) is 28.5. The van der Waals surface area contributed by atoms with Gasteiger partial charge in [0.05, 0.1) is 0 Å². The van der Waals surface area contributed by atoms with Gasteiger partial charge in [0.15, 0.2) is 0 Å². The minimum atomic E-state index is 0.444. The molecule has 0 aromatic rings. The summed E-state index contributed by atoms with van der Waals surface area (Å²) in [6, 6.07) is 0.715. The Hall–Kier alpha value is -0.340. The fourth-order valence-electron chi connectivity index (χ4n) is 3.73. The predicted molar refractivity (Wildman–Crippen MR) is 83.4 cm³/mol. The van der Waals surface area contributed by atoms with Crippen molar-refractivity contribution < 1.29 is 0 Å². The molecule has 1 N–H and O–H groups in total. The quantitative estimate of drug-likeness (QED) is 0.781. The molecule has 1 aliphatic heterocycles. The van der Waals surface area contributed by atoms with Crippen molar-refractivity contribution in [3.8, 4) is 0 Å². The fraction of sp³-hybridized carbons (Fsp3) is 0.882. The molecule has 1 saturated heterocycles. The van der Waals surface area contributed by atoms with E-state index >= 15 is 0 Å². The molecule has 19 heavy (non-hydrogen) atoms. The minimum Gasteiger partial charge on any atom is -0.308 e. The van der Waals surface area contributed by atoms with Crippen molar-refractivity contribution in [1.29, 1.82) is 0 Å². The summed E-state index contributed by atoms with van der Waals surface area (Å²) in [6.07, 6.45) is 9.28. The number of hydrogen-bond donors (Lipinski definition) is 1. The largest absolute Gasteiger partial charge is 0.308 e. The van der Waals surface area contributed by atoms with Crippen LogP contribution in [0.5, 0.6) is 0 Å². The lowest BCUT2D eigenvalue weighted by atomic mass is 9.87. The van der Waals surface area contributed by atoms with Gasteiger partial charge in [0.1, 0.15) is 0 Å². The van der Waals surface area contributed by atoms with E-state index in [9.17, 15) is 0 Å². The molecular weight excluding hydrogens is 232 g/mol. The Bertz CT molecular complexity index is 311. The van der Waals surface area contributed by atoms with Crippen LogP contribution in [0.1, 0.15) is 59.8 Å². The van der Waals surface area contributed by atoms with Crippen molar-refractivity contribution in [3.05, 3.63) is 11.6 Å². The van der Waals surface area contributed by atoms with E-state index < -0.39 is 0 Å². The van der Waals surface area contributed by atoms with Crippen molar-refractivity contribution in [2.24, 2.45) is 5.92 Å². The summed E-state index contributed by atoms with van der Waals surface area (Å²) < 4.78 is 0. The molecule has 1 aliphatic carbocycles. The third kappa shape index (κ3) is 3.61. The molecule has 110 valence electrons. The Morgan fingerprint density at radius 2 is 2.05 bits per heavy atom. The second-order valence-electron chi connectivity index (χ2n) is 7.03. The first-order chi connectivity index (χ1) is 9.06. The number of nitrogens with zero attached hydrogens (tertiary/aromatic N) is 1. The summed E-state index contributed by atoms with van der Waals surface area (Å²) in [7, 11) is 0. The molecule has 0 amide bonds. The highest BCUT2D eigenvalue weighted by molar-refractivity contribution is 5.04. The maximum atomic E-state index is 3.92. The molecule has 1 spiro atoms. The van der Waals surface area contributed by atoms with Crippen LogP contribution in [0, 0.1) is 5.92 Å². The van der Waals surface area contributed by atoms with Crippen LogP contribution >= 0.6 is 0 Å². The molecular formula is C17H32N2. The van der Waals surface area contributed by atoms with Crippen LogP contribution in [0.4, 0.5) is 0 Å². The third-order valence-electron chi connectivity index (χ3n) is 5.26. The van der Waals surface area contributed by atoms with Gasteiger partial charge in [-0.15, -0.1) is 0 Å². The summed E-state index contributed by atoms with van der Waals surface area (Å²) in [4.78, 5) is 2.75. The molecule has 2 rings (SSSR count). The summed E-state index contributed by atoms with van der Waals surface area (Å²) in [5.41, 5.74) is 1.89. The van der Waals surface area contributed by atoms with Crippen molar-refractivity contribution >= 4 is 0 Å². The van der Waals surface area contributed by atoms with Gasteiger partial charge >= 0.3 is 0 Å². The van der Waals surface area contributed by atoms with E-state index in [0.29, 0.717) is 11.6 Å². The van der Waals surface area contributed by atoms with E-state index in [1.165, 1.54) is 50.8 Å². The second kappa shape index (κ2) is 6.41. The van der Waals surface area contributed by atoms with E-state index in [-0.39, 0.29) is 0 Å². The number of allylic oxidation sites excluding steroid dienone is 1. The first kappa shape index (κ1) is 15.1. The molecule has 0 bridgehead atoms. The van der Waals surface area contributed by atoms with Crippen LogP contribution in [0.3, 0.4) is 0 Å². The van der Waals surface area contributed by atoms with Crippen LogP contribution in [-0.2, 0) is 0 Å². The molecule has 1 saturated carbocycles. The molecule has 0 aromatic carbocycles. The molecule has 1 heterocycles. The number of piperazine rings is 1. The number of nitrogens with one attached hydrogen (secondary N) is 1. The van der Waals surface area contributed by atoms with Crippen molar-refractivity contribution in [1.82, 2.24) is 10.2 Å². The first-order valence-corrected chi connectivity index (χ1v) is 8.19. The Kier molecular flexibility index (Phi) is 5.08. The van der Waals surface area contributed by atoms with E-state index in [0.717, 1.165) is 12.5 Å². The third-order valence-corrected chi connectivity index (χ3v) is 5.26. The van der Waals surface area contributed by atoms with E-state index in [4.69, 9.17) is 0 Å². The van der Waals surface area contributed by atoms with Gasteiger partial charge in [-0.2, -0.15) is 0 Å². The summed E-state index contributed by atoms with van der Waals surface area (Å²) in [5.74, 6) is 0.789. The molecule has 0 aromatic heterocycles. The molecule has 2 heteroatoms. The monoisotopic (exact) mass is 264 g/mol. The van der Waals surface area contributed by atoms with Gasteiger partial charge in [-0.05, 0) is 32.6 Å². The van der Waals surface area contributed by atoms with E-state index in [2.05, 4.69) is 44.0 Å². The Morgan fingerprint density at radius 1 is 1.37 bits per heavy atom. The highest BCUT2D eigenvalue weighted by Gasteiger charge is 2.41. The molecule has 2 aliphatic rings. The van der Waals surface area contributed by atoms with Crippen LogP contribution in [0.15, 0.2) is 11.6 Å². The summed E-state index contributed by atoms with van der Waals surface area (Å²) in [6.45, 7) is 12.7. The van der Waals surface area contributed by atoms with Crippen LogP contribution in [0.25, 0.3) is 0 Å². The highest BCUT2D eigenvalue weighted by Crippen LogP contribution is 2.34. The fourth-order valence-corrected chi connectivity index (χ4v) is 3.73. The second-order valence-corrected chi connectivity index (χ2v) is 7.03. The lowest BCUT2D eigenvalue weighted by Gasteiger charge is -2.48. The Labute approximate surface area is 119 Å². The van der Waals surface area contributed by atoms with Gasteiger partial charge in [0, 0.05) is 31.2 Å². The SMILES string of the molecule is CCC(C)C1CNC2(CCCC2)CN1CC=C(C)C. The zero-order valence-electron chi connectivity index (χ0n) is 13.3. The highest BCUT2D eigenvalue weighted by atomic mass is 15.3. The molecule has 2 unspecified atom stereocenters. The zero-order valence-corrected chi connectivity index (χ0v) is 13.3. The molecule has 0 radical (unpaired) electrons. The smallest absolute Gasteiger partial charge is 0.0309 e. The van der Waals surface area contributed by atoms with Crippen LogP contribution in [-0.4, -0.2) is 36.1 Å². The standard InChI is InChI=1S/C17H32N2/c1-5-15(4)16-12-18-17(9-6-7-10-17)13-19(16)11-8-14(2)3/h8,15-16,18H,5-7,9-13H2,1-4H3. The zero-order chi connectivity index (χ0) is 13.9. The van der Waals surface area contributed by atoms with Gasteiger partial charge in [-0.25, -0.2) is 0 Å². The molecule has 2 atom stereocenters. The van der Waals surface area contributed by atoms with Gasteiger partial charge in [0.2, 0.25) is 0 Å². The van der Waals surface area contributed by atoms with Crippen LogP contribution < -0.4 is 5.32 Å². The number of rotatable bonds is 4. The van der Waals surface area contributed by atoms with E-state index in [1.54, 1.807) is 0 Å². The summed E-state index contributed by atoms with van der Waals surface area (Å²) >= 11 is 0. The Balaban J connectivity index is 2.06. The van der Waals surface area contributed by atoms with Crippen molar-refractivity contribution in [2.45, 2.75) is 71.4 Å². The lowest BCUT2D eigenvalue weighted by Crippen LogP contribution is -2.64. The minimum absolute atomic E-state index is 0.444. The maximum Gasteiger partial charge on any atom is 0.0309 e. The number of hydrogen-bond acceptors (Lipinski definition) is 2. The average molecular weight is 264 g/mol. The van der Waals surface area contributed by atoms with Gasteiger partial charge in [-0.1, -0.05) is 44.8 Å². The van der Waals surface area contributed by atoms with Crippen molar-refractivity contribution in [2.75, 3.05) is 19.6 Å². The average Bonchev–Trinajstić information content (AvgIpc) is 2.84. The maximum absolute atomic E-state index is 3.92. The topological polar surface area (TPSA) is 15.3 Å². The van der Waals surface area contributed by atoms with Gasteiger partial charge in [-0.3, -0.25) is 4.90 Å². The van der Waals surface area contributed by atoms with Gasteiger partial charge < -0.3 is 5.32 Å².